The number of hydrogen-bond acceptors (Lipinski definition) is 1. The van der Waals surface area contributed by atoms with Crippen LogP contribution in [0.1, 0.15) is 11.3 Å². The van der Waals surface area contributed by atoms with Crippen molar-refractivity contribution in [2.24, 2.45) is 0 Å². The molecule has 0 fully saturated rings. The largest absolute Gasteiger partial charge is 0.261 e. The van der Waals surface area contributed by atoms with E-state index in [1.165, 1.54) is 71.6 Å². The fraction of sp³-hybridized carbons (Fsp3) is 0.0606. The standard InChI is InChI=1S/C33H23N/c1-20-16-17-26-31-24(20)14-9-15-25(31)32-29(22-10-5-3-6-11-22)27-18-19-34-21(2)28(27)30(33(26)32)23-12-7-4-8-13-23/h3-19H,1-2H3. The smallest absolute Gasteiger partial charge is 0.0457 e. The highest BCUT2D eigenvalue weighted by Crippen LogP contribution is 2.58. The summed E-state index contributed by atoms with van der Waals surface area (Å²) in [5.41, 5.74) is 12.8. The summed E-state index contributed by atoms with van der Waals surface area (Å²) in [5.74, 6) is 0. The number of fused-ring (bicyclic) bond motifs is 4. The number of aromatic nitrogens is 1. The second-order valence-corrected chi connectivity index (χ2v) is 9.21. The molecular formula is C33H23N. The monoisotopic (exact) mass is 433 g/mol. The van der Waals surface area contributed by atoms with Gasteiger partial charge < -0.3 is 0 Å². The SMILES string of the molecule is Cc1ccc2c3c(cccc13)-c1c-2c(-c2ccccc2)c2c(C)nccc2c1-c1ccccc1. The Morgan fingerprint density at radius 1 is 0.471 bits per heavy atom. The minimum Gasteiger partial charge on any atom is -0.261 e. The van der Waals surface area contributed by atoms with Crippen molar-refractivity contribution < 1.29 is 0 Å². The van der Waals surface area contributed by atoms with E-state index in [-0.39, 0.29) is 0 Å². The maximum Gasteiger partial charge on any atom is 0.0457 e. The van der Waals surface area contributed by atoms with Crippen LogP contribution in [0, 0.1) is 13.8 Å². The molecule has 1 nitrogen and oxygen atoms in total. The molecule has 1 aliphatic carbocycles. The molecule has 0 unspecified atom stereocenters. The van der Waals surface area contributed by atoms with Gasteiger partial charge in [-0.3, -0.25) is 4.98 Å². The van der Waals surface area contributed by atoms with Gasteiger partial charge in [0.05, 0.1) is 0 Å². The molecule has 7 rings (SSSR count). The zero-order valence-corrected chi connectivity index (χ0v) is 19.3. The number of benzene rings is 5. The van der Waals surface area contributed by atoms with Crippen LogP contribution >= 0.6 is 0 Å². The van der Waals surface area contributed by atoms with E-state index in [1.54, 1.807) is 0 Å². The van der Waals surface area contributed by atoms with Crippen molar-refractivity contribution in [3.05, 3.63) is 115 Å². The molecule has 1 aliphatic rings. The molecule has 0 spiro atoms. The van der Waals surface area contributed by atoms with Crippen LogP contribution in [-0.4, -0.2) is 4.98 Å². The van der Waals surface area contributed by atoms with Crippen molar-refractivity contribution in [1.82, 2.24) is 4.98 Å². The molecule has 0 saturated heterocycles. The average molecular weight is 434 g/mol. The van der Waals surface area contributed by atoms with Gasteiger partial charge in [0, 0.05) is 17.3 Å². The summed E-state index contributed by atoms with van der Waals surface area (Å²) in [6, 6.07) is 35.3. The third-order valence-corrected chi connectivity index (χ3v) is 7.33. The van der Waals surface area contributed by atoms with Crippen LogP contribution in [0.3, 0.4) is 0 Å². The molecule has 1 aromatic heterocycles. The zero-order valence-electron chi connectivity index (χ0n) is 19.3. The molecule has 0 amide bonds. The highest BCUT2D eigenvalue weighted by atomic mass is 14.7. The van der Waals surface area contributed by atoms with Gasteiger partial charge >= 0.3 is 0 Å². The van der Waals surface area contributed by atoms with Gasteiger partial charge in [-0.15, -0.1) is 0 Å². The van der Waals surface area contributed by atoms with Gasteiger partial charge in [0.1, 0.15) is 0 Å². The Kier molecular flexibility index (Phi) is 4.04. The van der Waals surface area contributed by atoms with Crippen LogP contribution in [0.15, 0.2) is 103 Å². The molecule has 0 N–H and O–H groups in total. The first kappa shape index (κ1) is 19.3. The second kappa shape index (κ2) is 7.13. The Bertz CT molecular complexity index is 1750. The molecule has 5 aromatic carbocycles. The van der Waals surface area contributed by atoms with E-state index in [2.05, 4.69) is 111 Å². The third kappa shape index (κ3) is 2.53. The lowest BCUT2D eigenvalue weighted by molar-refractivity contribution is 1.24. The lowest BCUT2D eigenvalue weighted by Crippen LogP contribution is -1.96. The number of rotatable bonds is 2. The molecule has 1 heteroatoms. The maximum atomic E-state index is 4.77. The number of pyridine rings is 1. The average Bonchev–Trinajstić information content (AvgIpc) is 3.21. The number of aryl methyl sites for hydroxylation is 2. The zero-order chi connectivity index (χ0) is 22.8. The minimum atomic E-state index is 1.07. The summed E-state index contributed by atoms with van der Waals surface area (Å²) < 4.78 is 0. The van der Waals surface area contributed by atoms with Gasteiger partial charge in [-0.1, -0.05) is 91.0 Å². The Morgan fingerprint density at radius 2 is 1.12 bits per heavy atom. The summed E-state index contributed by atoms with van der Waals surface area (Å²) >= 11 is 0. The topological polar surface area (TPSA) is 12.9 Å². The van der Waals surface area contributed by atoms with Gasteiger partial charge in [0.2, 0.25) is 0 Å². The van der Waals surface area contributed by atoms with Crippen LogP contribution in [0.5, 0.6) is 0 Å². The first-order valence-electron chi connectivity index (χ1n) is 11.8. The Morgan fingerprint density at radius 3 is 1.85 bits per heavy atom. The molecular weight excluding hydrogens is 410 g/mol. The minimum absolute atomic E-state index is 1.07. The first-order valence-corrected chi connectivity index (χ1v) is 11.8. The number of nitrogens with zero attached hydrogens (tertiary/aromatic N) is 1. The van der Waals surface area contributed by atoms with Gasteiger partial charge in [0.15, 0.2) is 0 Å². The Hall–Kier alpha value is -4.23. The predicted molar refractivity (Wildman–Crippen MR) is 144 cm³/mol. The molecule has 0 bridgehead atoms. The second-order valence-electron chi connectivity index (χ2n) is 9.21. The van der Waals surface area contributed by atoms with E-state index in [4.69, 9.17) is 4.98 Å². The van der Waals surface area contributed by atoms with Crippen molar-refractivity contribution in [3.8, 4) is 44.5 Å². The van der Waals surface area contributed by atoms with E-state index in [0.717, 1.165) is 5.69 Å². The molecule has 0 radical (unpaired) electrons. The lowest BCUT2D eigenvalue weighted by Gasteiger charge is -2.21. The summed E-state index contributed by atoms with van der Waals surface area (Å²) in [6.45, 7) is 4.36. The molecule has 160 valence electrons. The third-order valence-electron chi connectivity index (χ3n) is 7.33. The van der Waals surface area contributed by atoms with E-state index in [9.17, 15) is 0 Å². The van der Waals surface area contributed by atoms with Crippen molar-refractivity contribution >= 4 is 21.5 Å². The summed E-state index contributed by atoms with van der Waals surface area (Å²) in [5, 5.41) is 5.21. The summed E-state index contributed by atoms with van der Waals surface area (Å²) in [4.78, 5) is 4.77. The molecule has 6 aromatic rings. The van der Waals surface area contributed by atoms with Crippen molar-refractivity contribution in [2.75, 3.05) is 0 Å². The van der Waals surface area contributed by atoms with Crippen LogP contribution in [-0.2, 0) is 0 Å². The van der Waals surface area contributed by atoms with Crippen LogP contribution in [0.4, 0.5) is 0 Å². The van der Waals surface area contributed by atoms with Crippen LogP contribution in [0.2, 0.25) is 0 Å². The fourth-order valence-electron chi connectivity index (χ4n) is 5.91. The van der Waals surface area contributed by atoms with E-state index >= 15 is 0 Å². The quantitative estimate of drug-likeness (QED) is 0.265. The molecule has 34 heavy (non-hydrogen) atoms. The van der Waals surface area contributed by atoms with Gasteiger partial charge in [0.25, 0.3) is 0 Å². The highest BCUT2D eigenvalue weighted by Gasteiger charge is 2.31. The molecule has 0 aliphatic heterocycles. The Balaban J connectivity index is 1.80. The fourth-order valence-corrected chi connectivity index (χ4v) is 5.91. The van der Waals surface area contributed by atoms with Crippen LogP contribution in [0.25, 0.3) is 66.1 Å². The maximum absolute atomic E-state index is 4.77. The van der Waals surface area contributed by atoms with Crippen molar-refractivity contribution in [2.45, 2.75) is 13.8 Å². The normalized spacial score (nSPS) is 11.8. The van der Waals surface area contributed by atoms with Crippen molar-refractivity contribution in [1.29, 1.82) is 0 Å². The summed E-state index contributed by atoms with van der Waals surface area (Å²) in [7, 11) is 0. The van der Waals surface area contributed by atoms with Gasteiger partial charge in [-0.2, -0.15) is 0 Å². The molecule has 0 atom stereocenters. The van der Waals surface area contributed by atoms with Crippen LogP contribution < -0.4 is 0 Å². The molecule has 0 saturated carbocycles. The molecule has 1 heterocycles. The lowest BCUT2D eigenvalue weighted by atomic mass is 9.82. The van der Waals surface area contributed by atoms with Crippen molar-refractivity contribution in [3.63, 3.8) is 0 Å². The van der Waals surface area contributed by atoms with E-state index < -0.39 is 0 Å². The summed E-state index contributed by atoms with van der Waals surface area (Å²) in [6.07, 6.45) is 1.96. The predicted octanol–water partition coefficient (Wildman–Crippen LogP) is 8.99. The highest BCUT2D eigenvalue weighted by molar-refractivity contribution is 6.28. The number of hydrogen-bond donors (Lipinski definition) is 0. The van der Waals surface area contributed by atoms with Gasteiger partial charge in [-0.05, 0) is 86.1 Å². The van der Waals surface area contributed by atoms with Gasteiger partial charge in [-0.25, -0.2) is 0 Å². The first-order chi connectivity index (χ1) is 16.7. The van der Waals surface area contributed by atoms with E-state index in [1.807, 2.05) is 6.20 Å². The Labute approximate surface area is 199 Å². The van der Waals surface area contributed by atoms with E-state index in [0.29, 0.717) is 0 Å².